The summed E-state index contributed by atoms with van der Waals surface area (Å²) in [6, 6.07) is 21.2. The van der Waals surface area contributed by atoms with E-state index in [9.17, 15) is 29.1 Å². The molecule has 3 atom stereocenters. The second-order valence-corrected chi connectivity index (χ2v) is 9.93. The molecule has 226 valence electrons. The van der Waals surface area contributed by atoms with Gasteiger partial charge in [0.25, 0.3) is 5.91 Å². The predicted molar refractivity (Wildman–Crippen MR) is 159 cm³/mol. The fourth-order valence-electron chi connectivity index (χ4n) is 4.15. The maximum absolute atomic E-state index is 13.2. The second-order valence-electron chi connectivity index (χ2n) is 9.93. The number of phenolic OH excluding ortho intramolecular Hbond substituents is 1. The van der Waals surface area contributed by atoms with Crippen LogP contribution in [0, 0.1) is 0 Å². The quantitative estimate of drug-likeness (QED) is 0.137. The largest absolute Gasteiger partial charge is 0.508 e. The van der Waals surface area contributed by atoms with Gasteiger partial charge >= 0.3 is 0 Å². The van der Waals surface area contributed by atoms with Gasteiger partial charge in [-0.1, -0.05) is 72.8 Å². The minimum atomic E-state index is -1.05. The van der Waals surface area contributed by atoms with Gasteiger partial charge in [0, 0.05) is 19.8 Å². The van der Waals surface area contributed by atoms with Gasteiger partial charge < -0.3 is 26.8 Å². The summed E-state index contributed by atoms with van der Waals surface area (Å²) in [6.45, 7) is 0.754. The van der Waals surface area contributed by atoms with Crippen molar-refractivity contribution in [3.8, 4) is 5.75 Å². The van der Waals surface area contributed by atoms with Crippen molar-refractivity contribution in [1.82, 2.24) is 26.8 Å². The Kier molecular flexibility index (Phi) is 12.2. The monoisotopic (exact) mass is 588 g/mol. The lowest BCUT2D eigenvalue weighted by Crippen LogP contribution is -2.56. The highest BCUT2D eigenvalue weighted by Crippen LogP contribution is 2.11. The van der Waals surface area contributed by atoms with Gasteiger partial charge in [-0.05, 0) is 35.2 Å². The normalized spacial score (nSPS) is 12.6. The van der Waals surface area contributed by atoms with E-state index in [1.807, 2.05) is 12.1 Å². The standard InChI is InChI=1S/C31H36N6O6/c1-20(38)36-37-31(43)27(18-22-10-6-3-7-11-22)34-28(40)19-33-30(42)26(17-21-8-4-2-5-9-21)35-29(41)25(32)16-23-12-14-24(39)15-13-23/h2-15,25-27,39H,16-19,32H2,1H3,(H,33,42)(H,34,40)(H,35,41)(H,36,38)(H,37,43)/t25-,26+,27-/m0/s1. The van der Waals surface area contributed by atoms with Gasteiger partial charge in [-0.15, -0.1) is 0 Å². The summed E-state index contributed by atoms with van der Waals surface area (Å²) in [7, 11) is 0. The summed E-state index contributed by atoms with van der Waals surface area (Å²) < 4.78 is 0. The zero-order valence-corrected chi connectivity index (χ0v) is 23.7. The molecule has 0 bridgehead atoms. The van der Waals surface area contributed by atoms with E-state index in [2.05, 4.69) is 26.8 Å². The Balaban J connectivity index is 1.64. The molecule has 3 rings (SSSR count). The lowest BCUT2D eigenvalue weighted by Gasteiger charge is -2.22. The van der Waals surface area contributed by atoms with Gasteiger partial charge in [0.2, 0.25) is 23.6 Å². The van der Waals surface area contributed by atoms with Crippen molar-refractivity contribution in [2.75, 3.05) is 6.54 Å². The van der Waals surface area contributed by atoms with Crippen molar-refractivity contribution in [2.24, 2.45) is 5.73 Å². The van der Waals surface area contributed by atoms with Crippen molar-refractivity contribution in [2.45, 2.75) is 44.3 Å². The first-order valence-electron chi connectivity index (χ1n) is 13.7. The molecule has 0 unspecified atom stereocenters. The Hall–Kier alpha value is -5.23. The molecule has 12 nitrogen and oxygen atoms in total. The Bertz CT molecular complexity index is 1380. The van der Waals surface area contributed by atoms with Crippen molar-refractivity contribution >= 4 is 29.5 Å². The van der Waals surface area contributed by atoms with Crippen LogP contribution in [0.1, 0.15) is 23.6 Å². The average molecular weight is 589 g/mol. The van der Waals surface area contributed by atoms with E-state index in [1.165, 1.54) is 19.1 Å². The molecular formula is C31H36N6O6. The number of aromatic hydroxyl groups is 1. The molecule has 0 spiro atoms. The Morgan fingerprint density at radius 1 is 0.651 bits per heavy atom. The number of amides is 5. The number of carbonyl (C=O) groups is 5. The fourth-order valence-corrected chi connectivity index (χ4v) is 4.15. The summed E-state index contributed by atoms with van der Waals surface area (Å²) in [5.74, 6) is -2.88. The van der Waals surface area contributed by atoms with Gasteiger partial charge in [-0.2, -0.15) is 0 Å². The van der Waals surface area contributed by atoms with Gasteiger partial charge in [0.05, 0.1) is 12.6 Å². The highest BCUT2D eigenvalue weighted by Gasteiger charge is 2.26. The molecule has 0 heterocycles. The first kappa shape index (κ1) is 32.3. The topological polar surface area (TPSA) is 192 Å². The molecule has 0 saturated carbocycles. The number of carbonyl (C=O) groups excluding carboxylic acids is 5. The van der Waals surface area contributed by atoms with Crippen LogP contribution in [0.25, 0.3) is 0 Å². The molecule has 12 heteroatoms. The first-order valence-corrected chi connectivity index (χ1v) is 13.7. The Morgan fingerprint density at radius 3 is 1.70 bits per heavy atom. The Morgan fingerprint density at radius 2 is 1.16 bits per heavy atom. The van der Waals surface area contributed by atoms with Crippen LogP contribution in [0.4, 0.5) is 0 Å². The lowest BCUT2D eigenvalue weighted by molar-refractivity contribution is -0.132. The molecule has 0 aromatic heterocycles. The van der Waals surface area contributed by atoms with Crippen LogP contribution in [0.2, 0.25) is 0 Å². The molecule has 3 aromatic carbocycles. The van der Waals surface area contributed by atoms with E-state index in [4.69, 9.17) is 5.73 Å². The molecule has 5 amide bonds. The molecule has 0 aliphatic rings. The second kappa shape index (κ2) is 16.3. The molecule has 8 N–H and O–H groups in total. The van der Waals surface area contributed by atoms with E-state index in [0.717, 1.165) is 16.7 Å². The minimum absolute atomic E-state index is 0.0881. The zero-order valence-electron chi connectivity index (χ0n) is 23.7. The van der Waals surface area contributed by atoms with E-state index >= 15 is 0 Å². The fraction of sp³-hybridized carbons (Fsp3) is 0.258. The third-order valence-corrected chi connectivity index (χ3v) is 6.36. The van der Waals surface area contributed by atoms with Crippen LogP contribution < -0.4 is 32.5 Å². The van der Waals surface area contributed by atoms with Crippen LogP contribution in [-0.4, -0.2) is 59.3 Å². The van der Waals surface area contributed by atoms with E-state index < -0.39 is 54.2 Å². The van der Waals surface area contributed by atoms with Crippen LogP contribution in [0.15, 0.2) is 84.9 Å². The molecular weight excluding hydrogens is 552 g/mol. The Labute approximate surface area is 249 Å². The molecule has 0 aliphatic carbocycles. The SMILES string of the molecule is CC(=O)NNC(=O)[C@H](Cc1ccccc1)NC(=O)CNC(=O)[C@@H](Cc1ccccc1)NC(=O)[C@@H](N)Cc1ccc(O)cc1. The summed E-state index contributed by atoms with van der Waals surface area (Å²) in [6.07, 6.45) is 0.455. The van der Waals surface area contributed by atoms with Crippen LogP contribution in [0.3, 0.4) is 0 Å². The molecule has 0 fully saturated rings. The number of hydrazine groups is 1. The van der Waals surface area contributed by atoms with E-state index in [0.29, 0.717) is 0 Å². The highest BCUT2D eigenvalue weighted by molar-refractivity contribution is 5.93. The summed E-state index contributed by atoms with van der Waals surface area (Å²) in [5, 5.41) is 17.3. The number of hydrogen-bond acceptors (Lipinski definition) is 7. The molecule has 0 saturated heterocycles. The molecule has 0 radical (unpaired) electrons. The summed E-state index contributed by atoms with van der Waals surface area (Å²) >= 11 is 0. The molecule has 43 heavy (non-hydrogen) atoms. The number of benzene rings is 3. The summed E-state index contributed by atoms with van der Waals surface area (Å²) in [5.41, 5.74) is 12.8. The van der Waals surface area contributed by atoms with E-state index in [-0.39, 0.29) is 25.0 Å². The molecule has 0 aliphatic heterocycles. The van der Waals surface area contributed by atoms with Crippen molar-refractivity contribution in [3.63, 3.8) is 0 Å². The maximum atomic E-state index is 13.2. The third kappa shape index (κ3) is 11.3. The average Bonchev–Trinajstić information content (AvgIpc) is 3.00. The van der Waals surface area contributed by atoms with Gasteiger partial charge in [-0.25, -0.2) is 0 Å². The number of nitrogens with two attached hydrogens (primary N) is 1. The zero-order chi connectivity index (χ0) is 31.2. The van der Waals surface area contributed by atoms with Crippen LogP contribution in [-0.2, 0) is 43.2 Å². The lowest BCUT2D eigenvalue weighted by atomic mass is 10.0. The van der Waals surface area contributed by atoms with Crippen molar-refractivity contribution in [1.29, 1.82) is 0 Å². The number of phenols is 1. The van der Waals surface area contributed by atoms with Crippen LogP contribution in [0.5, 0.6) is 5.75 Å². The highest BCUT2D eigenvalue weighted by atomic mass is 16.3. The van der Waals surface area contributed by atoms with Gasteiger partial charge in [0.1, 0.15) is 17.8 Å². The van der Waals surface area contributed by atoms with Gasteiger partial charge in [-0.3, -0.25) is 34.8 Å². The van der Waals surface area contributed by atoms with Crippen molar-refractivity contribution in [3.05, 3.63) is 102 Å². The third-order valence-electron chi connectivity index (χ3n) is 6.36. The first-order chi connectivity index (χ1) is 20.6. The summed E-state index contributed by atoms with van der Waals surface area (Å²) in [4.78, 5) is 62.9. The smallest absolute Gasteiger partial charge is 0.261 e. The van der Waals surface area contributed by atoms with Crippen LogP contribution >= 0.6 is 0 Å². The number of nitrogens with one attached hydrogen (secondary N) is 5. The predicted octanol–water partition coefficient (Wildman–Crippen LogP) is 0.000500. The number of rotatable bonds is 13. The number of hydrogen-bond donors (Lipinski definition) is 7. The van der Waals surface area contributed by atoms with Crippen molar-refractivity contribution < 1.29 is 29.1 Å². The minimum Gasteiger partial charge on any atom is -0.508 e. The van der Waals surface area contributed by atoms with Gasteiger partial charge in [0.15, 0.2) is 0 Å². The molecule has 3 aromatic rings. The maximum Gasteiger partial charge on any atom is 0.261 e. The van der Waals surface area contributed by atoms with E-state index in [1.54, 1.807) is 60.7 Å².